The molecule has 0 unspecified atom stereocenters. The van der Waals surface area contributed by atoms with Crippen LogP contribution in [0.1, 0.15) is 22.5 Å². The van der Waals surface area contributed by atoms with Gasteiger partial charge in [-0.25, -0.2) is 9.79 Å². The number of nitrogens with zero attached hydrogens (tertiary/aromatic N) is 1. The Balaban J connectivity index is 1.69. The zero-order valence-corrected chi connectivity index (χ0v) is 15.8. The Morgan fingerprint density at radius 1 is 0.781 bits per heavy atom. The number of carbonyl (C=O) groups excluding carboxylic acids is 1. The van der Waals surface area contributed by atoms with E-state index in [4.69, 9.17) is 9.15 Å². The first-order valence-electron chi connectivity index (χ1n) is 8.98. The van der Waals surface area contributed by atoms with Crippen molar-refractivity contribution < 1.29 is 40.3 Å². The molecule has 1 aromatic heterocycles. The molecule has 10 heteroatoms. The fourth-order valence-electron chi connectivity index (χ4n) is 2.93. The number of rotatable bonds is 3. The molecule has 2 heterocycles. The average Bonchev–Trinajstić information content (AvgIpc) is 3.34. The number of hydrogen-bond acceptors (Lipinski definition) is 4. The molecule has 0 bridgehead atoms. The zero-order valence-electron chi connectivity index (χ0n) is 15.8. The third-order valence-corrected chi connectivity index (χ3v) is 4.42. The molecule has 0 amide bonds. The molecule has 0 saturated carbocycles. The number of carbonyl (C=O) groups is 1. The summed E-state index contributed by atoms with van der Waals surface area (Å²) in [7, 11) is 0. The molecule has 3 aromatic rings. The minimum Gasteiger partial charge on any atom is -0.457 e. The molecule has 1 aliphatic rings. The van der Waals surface area contributed by atoms with Gasteiger partial charge in [0.1, 0.15) is 11.5 Å². The zero-order chi connectivity index (χ0) is 23.1. The predicted molar refractivity (Wildman–Crippen MR) is 101 cm³/mol. The lowest BCUT2D eigenvalue weighted by Crippen LogP contribution is -2.11. The number of ether oxygens (including phenoxy) is 1. The van der Waals surface area contributed by atoms with Gasteiger partial charge in [0.05, 0.1) is 11.1 Å². The maximum Gasteiger partial charge on any atom is 0.416 e. The van der Waals surface area contributed by atoms with Crippen LogP contribution in [-0.4, -0.2) is 11.9 Å². The van der Waals surface area contributed by atoms with E-state index in [0.29, 0.717) is 17.7 Å². The van der Waals surface area contributed by atoms with E-state index in [9.17, 15) is 31.1 Å². The maximum atomic E-state index is 13.1. The van der Waals surface area contributed by atoms with Gasteiger partial charge in [0.25, 0.3) is 0 Å². The number of benzene rings is 2. The second kappa shape index (κ2) is 7.70. The van der Waals surface area contributed by atoms with Crippen LogP contribution in [0.25, 0.3) is 17.4 Å². The normalized spacial score (nSPS) is 15.8. The number of furan rings is 1. The highest BCUT2D eigenvalue weighted by Crippen LogP contribution is 2.39. The van der Waals surface area contributed by atoms with Gasteiger partial charge in [-0.1, -0.05) is 18.2 Å². The van der Waals surface area contributed by atoms with Crippen LogP contribution in [0.4, 0.5) is 26.3 Å². The fourth-order valence-corrected chi connectivity index (χ4v) is 2.93. The minimum atomic E-state index is -4.98. The van der Waals surface area contributed by atoms with Crippen molar-refractivity contribution in [2.75, 3.05) is 0 Å². The minimum absolute atomic E-state index is 0.00372. The summed E-state index contributed by atoms with van der Waals surface area (Å²) in [4.78, 5) is 16.1. The highest BCUT2D eigenvalue weighted by molar-refractivity contribution is 6.12. The van der Waals surface area contributed by atoms with E-state index in [1.165, 1.54) is 18.2 Å². The molecule has 2 aromatic carbocycles. The Kier molecular flexibility index (Phi) is 5.15. The lowest BCUT2D eigenvalue weighted by molar-refractivity contribution is -0.143. The number of aliphatic imine (C=N–C) groups is 1. The van der Waals surface area contributed by atoms with Gasteiger partial charge in [-0.3, -0.25) is 0 Å². The highest BCUT2D eigenvalue weighted by Gasteiger charge is 2.37. The average molecular weight is 451 g/mol. The van der Waals surface area contributed by atoms with E-state index in [0.717, 1.165) is 0 Å². The van der Waals surface area contributed by atoms with Crippen molar-refractivity contribution in [3.8, 4) is 11.3 Å². The van der Waals surface area contributed by atoms with E-state index in [-0.39, 0.29) is 29.2 Å². The summed E-state index contributed by atoms with van der Waals surface area (Å²) < 4.78 is 88.9. The van der Waals surface area contributed by atoms with Gasteiger partial charge in [0, 0.05) is 17.2 Å². The molecule has 0 saturated heterocycles. The lowest BCUT2D eigenvalue weighted by atomic mass is 10.0. The van der Waals surface area contributed by atoms with Crippen LogP contribution in [0.5, 0.6) is 0 Å². The first-order chi connectivity index (χ1) is 15.0. The van der Waals surface area contributed by atoms with E-state index in [1.807, 2.05) is 0 Å². The third kappa shape index (κ3) is 4.43. The number of halogens is 6. The molecule has 0 aliphatic carbocycles. The van der Waals surface area contributed by atoms with Crippen molar-refractivity contribution in [2.24, 2.45) is 4.99 Å². The Labute approximate surface area is 176 Å². The SMILES string of the molecule is O=C1OC(c2ccccc2)=N/C1=C/c1ccc(-c2cc(C(F)(F)F)cc(C(F)(F)F)c2)o1. The highest BCUT2D eigenvalue weighted by atomic mass is 19.4. The van der Waals surface area contributed by atoms with Gasteiger partial charge in [0.2, 0.25) is 5.90 Å². The van der Waals surface area contributed by atoms with E-state index in [2.05, 4.69) is 4.99 Å². The Morgan fingerprint density at radius 2 is 1.41 bits per heavy atom. The molecule has 1 aliphatic heterocycles. The monoisotopic (exact) mass is 451 g/mol. The van der Waals surface area contributed by atoms with Crippen LogP contribution in [0.2, 0.25) is 0 Å². The number of cyclic esters (lactones) is 1. The molecular formula is C22H11F6NO3. The number of alkyl halides is 6. The van der Waals surface area contributed by atoms with Gasteiger partial charge in [-0.15, -0.1) is 0 Å². The standard InChI is InChI=1S/C22H11F6NO3/c23-21(24,25)14-8-13(9-15(10-14)22(26,27)28)18-7-6-16(31-18)11-17-20(30)32-19(29-17)12-4-2-1-3-5-12/h1-11H/b17-11+. The van der Waals surface area contributed by atoms with E-state index in [1.54, 1.807) is 30.3 Å². The van der Waals surface area contributed by atoms with Crippen molar-refractivity contribution in [3.05, 3.63) is 88.8 Å². The summed E-state index contributed by atoms with van der Waals surface area (Å²) in [5, 5.41) is 0. The van der Waals surface area contributed by atoms with Crippen molar-refractivity contribution in [2.45, 2.75) is 12.4 Å². The van der Waals surface area contributed by atoms with Crippen LogP contribution < -0.4 is 0 Å². The van der Waals surface area contributed by atoms with E-state index < -0.39 is 35.0 Å². The Morgan fingerprint density at radius 3 is 2.00 bits per heavy atom. The molecule has 4 nitrogen and oxygen atoms in total. The Hall–Kier alpha value is -3.82. The molecule has 32 heavy (non-hydrogen) atoms. The van der Waals surface area contributed by atoms with Crippen LogP contribution in [0, 0.1) is 0 Å². The lowest BCUT2D eigenvalue weighted by Gasteiger charge is -2.13. The quantitative estimate of drug-likeness (QED) is 0.266. The number of hydrogen-bond donors (Lipinski definition) is 0. The molecule has 4 rings (SSSR count). The maximum absolute atomic E-state index is 13.1. The molecule has 0 N–H and O–H groups in total. The molecule has 164 valence electrons. The van der Waals surface area contributed by atoms with Gasteiger partial charge in [0.15, 0.2) is 5.70 Å². The topological polar surface area (TPSA) is 51.8 Å². The largest absolute Gasteiger partial charge is 0.457 e. The van der Waals surface area contributed by atoms with Crippen molar-refractivity contribution in [1.29, 1.82) is 0 Å². The summed E-state index contributed by atoms with van der Waals surface area (Å²) in [6, 6.07) is 12.2. The van der Waals surface area contributed by atoms with Crippen molar-refractivity contribution >= 4 is 17.9 Å². The summed E-state index contributed by atoms with van der Waals surface area (Å²) >= 11 is 0. The van der Waals surface area contributed by atoms with Gasteiger partial charge < -0.3 is 9.15 Å². The Bertz CT molecular complexity index is 1200. The van der Waals surface area contributed by atoms with Crippen LogP contribution in [0.3, 0.4) is 0 Å². The van der Waals surface area contributed by atoms with Crippen LogP contribution >= 0.6 is 0 Å². The third-order valence-electron chi connectivity index (χ3n) is 4.42. The van der Waals surface area contributed by atoms with Crippen molar-refractivity contribution in [1.82, 2.24) is 0 Å². The number of esters is 1. The summed E-state index contributed by atoms with van der Waals surface area (Å²) in [5.74, 6) is -0.968. The van der Waals surface area contributed by atoms with Crippen molar-refractivity contribution in [3.63, 3.8) is 0 Å². The van der Waals surface area contributed by atoms with Gasteiger partial charge in [-0.2, -0.15) is 26.3 Å². The molecular weight excluding hydrogens is 440 g/mol. The first-order valence-corrected chi connectivity index (χ1v) is 8.98. The molecule has 0 radical (unpaired) electrons. The molecule has 0 spiro atoms. The second-order valence-corrected chi connectivity index (χ2v) is 6.70. The van der Waals surface area contributed by atoms with Crippen LogP contribution in [-0.2, 0) is 21.9 Å². The van der Waals surface area contributed by atoms with Crippen LogP contribution in [0.15, 0.2) is 75.8 Å². The summed E-state index contributed by atoms with van der Waals surface area (Å²) in [6.45, 7) is 0. The second-order valence-electron chi connectivity index (χ2n) is 6.70. The van der Waals surface area contributed by atoms with E-state index >= 15 is 0 Å². The molecule has 0 fully saturated rings. The first kappa shape index (κ1) is 21.4. The summed E-state index contributed by atoms with van der Waals surface area (Å²) in [6.07, 6.45) is -8.78. The fraction of sp³-hybridized carbons (Fsp3) is 0.0909. The summed E-state index contributed by atoms with van der Waals surface area (Å²) in [5.41, 5.74) is -2.93. The smallest absolute Gasteiger partial charge is 0.416 e. The van der Waals surface area contributed by atoms with Gasteiger partial charge in [-0.05, 0) is 42.5 Å². The molecule has 0 atom stereocenters. The predicted octanol–water partition coefficient (Wildman–Crippen LogP) is 6.33. The van der Waals surface area contributed by atoms with Gasteiger partial charge >= 0.3 is 18.3 Å².